The van der Waals surface area contributed by atoms with E-state index in [2.05, 4.69) is 43.8 Å². The first-order valence-electron chi connectivity index (χ1n) is 5.80. The average Bonchev–Trinajstić information content (AvgIpc) is 2.60. The number of nitrogens with zero attached hydrogens (tertiary/aromatic N) is 1. The van der Waals surface area contributed by atoms with Gasteiger partial charge in [0.1, 0.15) is 0 Å². The smallest absolute Gasteiger partial charge is 0.0931 e. The Morgan fingerprint density at radius 1 is 1.53 bits per heavy atom. The summed E-state index contributed by atoms with van der Waals surface area (Å²) in [6.07, 6.45) is 0. The van der Waals surface area contributed by atoms with E-state index >= 15 is 0 Å². The van der Waals surface area contributed by atoms with E-state index < -0.39 is 0 Å². The first-order valence-corrected chi connectivity index (χ1v) is 6.99. The summed E-state index contributed by atoms with van der Waals surface area (Å²) in [6, 6.07) is 4.54. The van der Waals surface area contributed by atoms with Gasteiger partial charge >= 0.3 is 0 Å². The van der Waals surface area contributed by atoms with Crippen molar-refractivity contribution in [3.63, 3.8) is 0 Å². The van der Waals surface area contributed by atoms with Gasteiger partial charge in [-0.1, -0.05) is 32.0 Å². The van der Waals surface area contributed by atoms with Gasteiger partial charge in [-0.25, -0.2) is 0 Å². The van der Waals surface area contributed by atoms with E-state index in [9.17, 15) is 0 Å². The van der Waals surface area contributed by atoms with Crippen molar-refractivity contribution in [2.24, 2.45) is 0 Å². The molecule has 0 aliphatic carbocycles. The third kappa shape index (κ3) is 6.22. The van der Waals surface area contributed by atoms with E-state index in [-0.39, 0.29) is 0 Å². The fraction of sp³-hybridized carbons (Fsp3) is 0.538. The molecule has 1 heterocycles. The van der Waals surface area contributed by atoms with Gasteiger partial charge in [0.15, 0.2) is 0 Å². The van der Waals surface area contributed by atoms with E-state index in [1.807, 2.05) is 6.07 Å². The SMILES string of the molecule is C=C(CNC(C)C)CN(C)Cc1ccc(Cl)s1. The van der Waals surface area contributed by atoms with Crippen LogP contribution >= 0.6 is 22.9 Å². The van der Waals surface area contributed by atoms with Gasteiger partial charge in [0.05, 0.1) is 4.34 Å². The Labute approximate surface area is 113 Å². The number of thiophene rings is 1. The number of likely N-dealkylation sites (N-methyl/N-ethyl adjacent to an activating group) is 1. The Kier molecular flexibility index (Phi) is 6.20. The van der Waals surface area contributed by atoms with Crippen LogP contribution in [0.3, 0.4) is 0 Å². The highest BCUT2D eigenvalue weighted by molar-refractivity contribution is 7.16. The van der Waals surface area contributed by atoms with E-state index in [0.29, 0.717) is 6.04 Å². The fourth-order valence-corrected chi connectivity index (χ4v) is 2.71. The zero-order chi connectivity index (χ0) is 12.8. The minimum absolute atomic E-state index is 0.508. The van der Waals surface area contributed by atoms with Crippen LogP contribution in [0, 0.1) is 0 Å². The molecule has 0 saturated carbocycles. The molecule has 96 valence electrons. The average molecular weight is 273 g/mol. The van der Waals surface area contributed by atoms with Crippen molar-refractivity contribution in [2.45, 2.75) is 26.4 Å². The Morgan fingerprint density at radius 2 is 2.24 bits per heavy atom. The van der Waals surface area contributed by atoms with Crippen molar-refractivity contribution in [3.8, 4) is 0 Å². The lowest BCUT2D eigenvalue weighted by atomic mass is 10.2. The number of hydrogen-bond acceptors (Lipinski definition) is 3. The first kappa shape index (κ1) is 14.7. The molecule has 0 aliphatic rings. The predicted octanol–water partition coefficient (Wildman–Crippen LogP) is 3.39. The van der Waals surface area contributed by atoms with E-state index in [4.69, 9.17) is 11.6 Å². The second-order valence-electron chi connectivity index (χ2n) is 4.66. The molecule has 2 nitrogen and oxygen atoms in total. The Hall–Kier alpha value is -0.350. The van der Waals surface area contributed by atoms with Crippen LogP contribution in [0.5, 0.6) is 0 Å². The predicted molar refractivity (Wildman–Crippen MR) is 77.9 cm³/mol. The minimum atomic E-state index is 0.508. The van der Waals surface area contributed by atoms with Crippen molar-refractivity contribution >= 4 is 22.9 Å². The summed E-state index contributed by atoms with van der Waals surface area (Å²) < 4.78 is 0.855. The van der Waals surface area contributed by atoms with Gasteiger partial charge < -0.3 is 5.32 Å². The van der Waals surface area contributed by atoms with Gasteiger partial charge in [-0.05, 0) is 24.8 Å². The van der Waals surface area contributed by atoms with Crippen LogP contribution in [0.4, 0.5) is 0 Å². The molecule has 1 rings (SSSR count). The maximum Gasteiger partial charge on any atom is 0.0931 e. The molecule has 0 unspecified atom stereocenters. The highest BCUT2D eigenvalue weighted by atomic mass is 35.5. The lowest BCUT2D eigenvalue weighted by Gasteiger charge is -2.18. The summed E-state index contributed by atoms with van der Waals surface area (Å²) >= 11 is 7.55. The van der Waals surface area contributed by atoms with Crippen LogP contribution in [-0.2, 0) is 6.54 Å². The molecular formula is C13H21ClN2S. The van der Waals surface area contributed by atoms with Crippen molar-refractivity contribution in [1.29, 1.82) is 0 Å². The van der Waals surface area contributed by atoms with E-state index in [1.54, 1.807) is 11.3 Å². The van der Waals surface area contributed by atoms with Crippen molar-refractivity contribution in [2.75, 3.05) is 20.1 Å². The van der Waals surface area contributed by atoms with Gasteiger partial charge in [0, 0.05) is 30.6 Å². The lowest BCUT2D eigenvalue weighted by Crippen LogP contribution is -2.29. The normalized spacial score (nSPS) is 11.4. The van der Waals surface area contributed by atoms with Crippen LogP contribution in [-0.4, -0.2) is 31.1 Å². The second kappa shape index (κ2) is 7.17. The second-order valence-corrected chi connectivity index (χ2v) is 6.46. The summed E-state index contributed by atoms with van der Waals surface area (Å²) in [6.45, 7) is 11.1. The largest absolute Gasteiger partial charge is 0.311 e. The molecule has 0 radical (unpaired) electrons. The molecule has 1 N–H and O–H groups in total. The summed E-state index contributed by atoms with van der Waals surface area (Å²) in [4.78, 5) is 3.55. The quantitative estimate of drug-likeness (QED) is 0.766. The first-order chi connectivity index (χ1) is 7.97. The Balaban J connectivity index is 2.29. The number of rotatable bonds is 7. The van der Waals surface area contributed by atoms with Gasteiger partial charge in [-0.3, -0.25) is 4.90 Å². The zero-order valence-electron chi connectivity index (χ0n) is 10.8. The summed E-state index contributed by atoms with van der Waals surface area (Å²) in [5.41, 5.74) is 1.21. The van der Waals surface area contributed by atoms with Crippen LogP contribution in [0.25, 0.3) is 0 Å². The number of nitrogens with one attached hydrogen (secondary N) is 1. The van der Waals surface area contributed by atoms with Crippen LogP contribution in [0.2, 0.25) is 4.34 Å². The van der Waals surface area contributed by atoms with Crippen LogP contribution < -0.4 is 5.32 Å². The molecule has 0 spiro atoms. The summed E-state index contributed by atoms with van der Waals surface area (Å²) in [5, 5.41) is 3.37. The minimum Gasteiger partial charge on any atom is -0.311 e. The monoisotopic (exact) mass is 272 g/mol. The maximum atomic E-state index is 5.91. The number of hydrogen-bond donors (Lipinski definition) is 1. The van der Waals surface area contributed by atoms with Crippen molar-refractivity contribution < 1.29 is 0 Å². The topological polar surface area (TPSA) is 15.3 Å². The Bertz CT molecular complexity index is 360. The molecule has 4 heteroatoms. The van der Waals surface area contributed by atoms with E-state index in [0.717, 1.165) is 24.0 Å². The molecular weight excluding hydrogens is 252 g/mol. The molecule has 0 fully saturated rings. The van der Waals surface area contributed by atoms with Gasteiger partial charge in [0.25, 0.3) is 0 Å². The van der Waals surface area contributed by atoms with Crippen LogP contribution in [0.1, 0.15) is 18.7 Å². The molecule has 0 atom stereocenters. The third-order valence-electron chi connectivity index (χ3n) is 2.31. The molecule has 0 bridgehead atoms. The number of halogens is 1. The molecule has 1 aromatic heterocycles. The van der Waals surface area contributed by atoms with Gasteiger partial charge in [0.2, 0.25) is 0 Å². The standard InChI is InChI=1S/C13H21ClN2S/c1-10(2)15-7-11(3)8-16(4)9-12-5-6-13(14)17-12/h5-6,10,15H,3,7-9H2,1-2,4H3. The van der Waals surface area contributed by atoms with Crippen LogP contribution in [0.15, 0.2) is 24.3 Å². The molecule has 17 heavy (non-hydrogen) atoms. The van der Waals surface area contributed by atoms with Gasteiger partial charge in [-0.15, -0.1) is 11.3 Å². The summed E-state index contributed by atoms with van der Waals surface area (Å²) in [7, 11) is 2.11. The molecule has 0 aromatic carbocycles. The molecule has 0 amide bonds. The molecule has 1 aromatic rings. The maximum absolute atomic E-state index is 5.91. The summed E-state index contributed by atoms with van der Waals surface area (Å²) in [5.74, 6) is 0. The fourth-order valence-electron chi connectivity index (χ4n) is 1.54. The molecule has 0 aliphatic heterocycles. The van der Waals surface area contributed by atoms with Crippen molar-refractivity contribution in [3.05, 3.63) is 33.5 Å². The third-order valence-corrected chi connectivity index (χ3v) is 3.52. The van der Waals surface area contributed by atoms with Gasteiger partial charge in [-0.2, -0.15) is 0 Å². The van der Waals surface area contributed by atoms with E-state index in [1.165, 1.54) is 10.5 Å². The Morgan fingerprint density at radius 3 is 2.76 bits per heavy atom. The lowest BCUT2D eigenvalue weighted by molar-refractivity contribution is 0.354. The zero-order valence-corrected chi connectivity index (χ0v) is 12.4. The highest BCUT2D eigenvalue weighted by Gasteiger charge is 2.05. The van der Waals surface area contributed by atoms with Crippen molar-refractivity contribution in [1.82, 2.24) is 10.2 Å². The molecule has 0 saturated heterocycles. The highest BCUT2D eigenvalue weighted by Crippen LogP contribution is 2.22.